The predicted molar refractivity (Wildman–Crippen MR) is 67.7 cm³/mol. The molecule has 5 heteroatoms. The first-order valence-corrected chi connectivity index (χ1v) is 6.77. The van der Waals surface area contributed by atoms with Crippen molar-refractivity contribution < 1.29 is 18.7 Å². The number of hydrogen-bond donors (Lipinski definition) is 1. The molecule has 17 heavy (non-hydrogen) atoms. The molecule has 1 atom stereocenters. The Hall–Kier alpha value is -0.930. The van der Waals surface area contributed by atoms with Crippen molar-refractivity contribution in [1.82, 2.24) is 0 Å². The molecule has 4 nitrogen and oxygen atoms in total. The van der Waals surface area contributed by atoms with Gasteiger partial charge < -0.3 is 14.2 Å². The van der Waals surface area contributed by atoms with Gasteiger partial charge in [-0.1, -0.05) is 36.4 Å². The molecule has 0 amide bonds. The van der Waals surface area contributed by atoms with Crippen LogP contribution in [0.1, 0.15) is 12.5 Å². The summed E-state index contributed by atoms with van der Waals surface area (Å²) < 4.78 is 21.4. The molecule has 0 spiro atoms. The van der Waals surface area contributed by atoms with Gasteiger partial charge in [0.25, 0.3) is 0 Å². The van der Waals surface area contributed by atoms with Crippen molar-refractivity contribution in [3.63, 3.8) is 0 Å². The zero-order valence-corrected chi connectivity index (χ0v) is 11.1. The van der Waals surface area contributed by atoms with Gasteiger partial charge in [0, 0.05) is 14.2 Å². The quantitative estimate of drug-likeness (QED) is 0.823. The van der Waals surface area contributed by atoms with Crippen molar-refractivity contribution in [2.45, 2.75) is 12.8 Å². The molecule has 94 valence electrons. The third-order valence-electron chi connectivity index (χ3n) is 2.41. The van der Waals surface area contributed by atoms with E-state index in [2.05, 4.69) is 0 Å². The predicted octanol–water partition coefficient (Wildman–Crippen LogP) is 2.89. The van der Waals surface area contributed by atoms with E-state index in [0.717, 1.165) is 5.56 Å². The van der Waals surface area contributed by atoms with Crippen molar-refractivity contribution in [3.8, 4) is 0 Å². The van der Waals surface area contributed by atoms with Gasteiger partial charge in [-0.3, -0.25) is 4.57 Å². The molecule has 0 bridgehead atoms. The van der Waals surface area contributed by atoms with E-state index in [9.17, 15) is 9.67 Å². The first-order valence-electron chi connectivity index (χ1n) is 5.16. The lowest BCUT2D eigenvalue weighted by atomic mass is 10.1. The van der Waals surface area contributed by atoms with Crippen LogP contribution in [0.3, 0.4) is 0 Å². The van der Waals surface area contributed by atoms with Crippen LogP contribution >= 0.6 is 7.60 Å². The van der Waals surface area contributed by atoms with E-state index in [0.29, 0.717) is 5.57 Å². The third kappa shape index (κ3) is 3.51. The largest absolute Gasteiger partial charge is 0.376 e. The summed E-state index contributed by atoms with van der Waals surface area (Å²) in [4.78, 5) is 0. The van der Waals surface area contributed by atoms with Crippen LogP contribution in [-0.4, -0.2) is 25.2 Å². The van der Waals surface area contributed by atoms with Crippen molar-refractivity contribution in [2.75, 3.05) is 14.2 Å². The minimum Gasteiger partial charge on any atom is -0.376 e. The molecular formula is C12H17O4P. The second-order valence-electron chi connectivity index (χ2n) is 3.58. The molecule has 0 radical (unpaired) electrons. The fourth-order valence-electron chi connectivity index (χ4n) is 1.41. The SMILES string of the molecule is COP(=O)(OC)[C@@H](O)/C(C)=C/c1ccccc1. The van der Waals surface area contributed by atoms with E-state index in [-0.39, 0.29) is 0 Å². The van der Waals surface area contributed by atoms with Gasteiger partial charge in [0.2, 0.25) is 0 Å². The zero-order chi connectivity index (χ0) is 12.9. The third-order valence-corrected chi connectivity index (χ3v) is 4.43. The van der Waals surface area contributed by atoms with Gasteiger partial charge in [-0.25, -0.2) is 0 Å². The van der Waals surface area contributed by atoms with Gasteiger partial charge in [0.05, 0.1) is 0 Å². The van der Waals surface area contributed by atoms with Gasteiger partial charge in [-0.15, -0.1) is 0 Å². The van der Waals surface area contributed by atoms with Gasteiger partial charge in [0.1, 0.15) is 0 Å². The van der Waals surface area contributed by atoms with Gasteiger partial charge in [-0.05, 0) is 18.1 Å². The Morgan fingerprint density at radius 2 is 1.82 bits per heavy atom. The molecule has 0 fully saturated rings. The molecule has 0 saturated heterocycles. The maximum Gasteiger partial charge on any atom is 0.362 e. The van der Waals surface area contributed by atoms with Gasteiger partial charge >= 0.3 is 7.60 Å². The van der Waals surface area contributed by atoms with E-state index >= 15 is 0 Å². The van der Waals surface area contributed by atoms with E-state index < -0.39 is 13.4 Å². The summed E-state index contributed by atoms with van der Waals surface area (Å²) in [5.41, 5.74) is 1.45. The minimum absolute atomic E-state index is 0.531. The van der Waals surface area contributed by atoms with Crippen LogP contribution in [-0.2, 0) is 13.6 Å². The Kier molecular flexibility index (Phi) is 5.09. The monoisotopic (exact) mass is 256 g/mol. The Labute approximate surface area is 101 Å². The Balaban J connectivity index is 2.94. The Morgan fingerprint density at radius 1 is 1.29 bits per heavy atom. The van der Waals surface area contributed by atoms with Crippen LogP contribution in [0, 0.1) is 0 Å². The summed E-state index contributed by atoms with van der Waals surface area (Å²) >= 11 is 0. The van der Waals surface area contributed by atoms with Crippen LogP contribution in [0.4, 0.5) is 0 Å². The average Bonchev–Trinajstić information content (AvgIpc) is 2.38. The smallest absolute Gasteiger partial charge is 0.362 e. The molecule has 1 rings (SSSR count). The van der Waals surface area contributed by atoms with Crippen LogP contribution in [0.2, 0.25) is 0 Å². The summed E-state index contributed by atoms with van der Waals surface area (Å²) in [6.45, 7) is 1.68. The standard InChI is InChI=1S/C12H17O4P/c1-10(9-11-7-5-4-6-8-11)12(13)17(14,15-2)16-3/h4-9,12-13H,1-3H3/b10-9+/t12-/m1/s1. The Bertz CT molecular complexity index is 419. The van der Waals surface area contributed by atoms with E-state index in [4.69, 9.17) is 9.05 Å². The highest BCUT2D eigenvalue weighted by molar-refractivity contribution is 7.54. The van der Waals surface area contributed by atoms with E-state index in [1.165, 1.54) is 14.2 Å². The molecular weight excluding hydrogens is 239 g/mol. The fourth-order valence-corrected chi connectivity index (χ4v) is 2.53. The molecule has 0 heterocycles. The topological polar surface area (TPSA) is 55.8 Å². The second-order valence-corrected chi connectivity index (χ2v) is 5.88. The lowest BCUT2D eigenvalue weighted by Crippen LogP contribution is -2.11. The molecule has 0 aliphatic rings. The Morgan fingerprint density at radius 3 is 2.29 bits per heavy atom. The van der Waals surface area contributed by atoms with Crippen LogP contribution in [0.15, 0.2) is 35.9 Å². The highest BCUT2D eigenvalue weighted by Crippen LogP contribution is 2.52. The number of aliphatic hydroxyl groups is 1. The minimum atomic E-state index is -3.48. The summed E-state index contributed by atoms with van der Waals surface area (Å²) in [6.07, 6.45) is 1.75. The average molecular weight is 256 g/mol. The normalized spacial score (nSPS) is 14.7. The molecule has 0 saturated carbocycles. The second kappa shape index (κ2) is 6.12. The van der Waals surface area contributed by atoms with Crippen molar-refractivity contribution in [2.24, 2.45) is 0 Å². The molecule has 1 aromatic rings. The van der Waals surface area contributed by atoms with Crippen molar-refractivity contribution in [3.05, 3.63) is 41.5 Å². The maximum atomic E-state index is 11.9. The van der Waals surface area contributed by atoms with Crippen molar-refractivity contribution in [1.29, 1.82) is 0 Å². The highest BCUT2D eigenvalue weighted by Gasteiger charge is 2.33. The summed E-state index contributed by atoms with van der Waals surface area (Å²) in [7, 11) is -0.971. The zero-order valence-electron chi connectivity index (χ0n) is 10.2. The molecule has 0 unspecified atom stereocenters. The molecule has 1 aromatic carbocycles. The number of hydrogen-bond acceptors (Lipinski definition) is 4. The summed E-state index contributed by atoms with van der Waals surface area (Å²) in [5.74, 6) is -1.25. The molecule has 0 aliphatic heterocycles. The lowest BCUT2D eigenvalue weighted by Gasteiger charge is -2.20. The number of benzene rings is 1. The summed E-state index contributed by atoms with van der Waals surface area (Å²) in [6, 6.07) is 9.45. The highest BCUT2D eigenvalue weighted by atomic mass is 31.2. The number of rotatable bonds is 5. The number of aliphatic hydroxyl groups excluding tert-OH is 1. The van der Waals surface area contributed by atoms with Crippen molar-refractivity contribution >= 4 is 13.7 Å². The van der Waals surface area contributed by atoms with E-state index in [1.54, 1.807) is 13.0 Å². The molecule has 0 aliphatic carbocycles. The van der Waals surface area contributed by atoms with Crippen LogP contribution in [0.5, 0.6) is 0 Å². The van der Waals surface area contributed by atoms with Gasteiger partial charge in [0.15, 0.2) is 5.85 Å². The lowest BCUT2D eigenvalue weighted by molar-refractivity contribution is 0.195. The molecule has 0 aromatic heterocycles. The van der Waals surface area contributed by atoms with E-state index in [1.807, 2.05) is 30.3 Å². The fraction of sp³-hybridized carbons (Fsp3) is 0.333. The molecule has 1 N–H and O–H groups in total. The van der Waals surface area contributed by atoms with Crippen LogP contribution in [0.25, 0.3) is 6.08 Å². The first kappa shape index (κ1) is 14.1. The first-order chi connectivity index (χ1) is 8.03. The van der Waals surface area contributed by atoms with Gasteiger partial charge in [-0.2, -0.15) is 0 Å². The summed E-state index contributed by atoms with van der Waals surface area (Å²) in [5, 5.41) is 9.92. The maximum absolute atomic E-state index is 11.9. The van der Waals surface area contributed by atoms with Crippen LogP contribution < -0.4 is 0 Å².